The number of hydrogen-bond donors (Lipinski definition) is 1. The zero-order valence-corrected chi connectivity index (χ0v) is 12.3. The van der Waals surface area contributed by atoms with Crippen molar-refractivity contribution < 1.29 is 9.90 Å². The summed E-state index contributed by atoms with van der Waals surface area (Å²) in [7, 11) is 0. The van der Waals surface area contributed by atoms with Crippen LogP contribution in [0.5, 0.6) is 0 Å². The van der Waals surface area contributed by atoms with E-state index in [1.807, 2.05) is 24.3 Å². The quantitative estimate of drug-likeness (QED) is 0.560. The van der Waals surface area contributed by atoms with Crippen molar-refractivity contribution in [3.8, 4) is 0 Å². The summed E-state index contributed by atoms with van der Waals surface area (Å²) in [5.41, 5.74) is 2.25. The summed E-state index contributed by atoms with van der Waals surface area (Å²) in [6, 6.07) is 8.14. The van der Waals surface area contributed by atoms with E-state index in [9.17, 15) is 4.79 Å². The van der Waals surface area contributed by atoms with Gasteiger partial charge in [0.1, 0.15) is 0 Å². The Labute approximate surface area is 152 Å². The van der Waals surface area contributed by atoms with Crippen molar-refractivity contribution >= 4 is 64.4 Å². The van der Waals surface area contributed by atoms with Crippen LogP contribution in [0.2, 0.25) is 0 Å². The molecule has 1 N–H and O–H groups in total. The monoisotopic (exact) mass is 327 g/mol. The van der Waals surface area contributed by atoms with E-state index in [-0.39, 0.29) is 36.0 Å². The van der Waals surface area contributed by atoms with Crippen LogP contribution < -0.4 is 4.90 Å². The van der Waals surface area contributed by atoms with Crippen LogP contribution in [0.25, 0.3) is 0 Å². The van der Waals surface area contributed by atoms with Gasteiger partial charge in [-0.15, -0.1) is 23.2 Å². The molecule has 20 heavy (non-hydrogen) atoms. The van der Waals surface area contributed by atoms with E-state index in [1.165, 1.54) is 0 Å². The summed E-state index contributed by atoms with van der Waals surface area (Å²) >= 11 is 11.5. The van der Waals surface area contributed by atoms with E-state index >= 15 is 0 Å². The van der Waals surface area contributed by atoms with Gasteiger partial charge in [-0.05, 0) is 30.5 Å². The Kier molecular flexibility index (Phi) is 11.7. The second-order valence-corrected chi connectivity index (χ2v) is 5.03. The molecule has 0 saturated carbocycles. The molecular weight excluding hydrogens is 308 g/mol. The van der Waals surface area contributed by atoms with Crippen molar-refractivity contribution in [2.45, 2.75) is 19.3 Å². The number of aliphatic carboxylic acids is 1. The Morgan fingerprint density at radius 3 is 2.10 bits per heavy atom. The molecule has 0 bridgehead atoms. The van der Waals surface area contributed by atoms with Crippen LogP contribution >= 0.6 is 23.2 Å². The van der Waals surface area contributed by atoms with Crippen molar-refractivity contribution in [2.75, 3.05) is 29.7 Å². The SMILES string of the molecule is O=C(O)CCCc1ccc(N(CCCl)CCCl)cc1.[NaH]. The number of carboxylic acids is 1. The molecule has 0 aliphatic heterocycles. The molecule has 3 nitrogen and oxygen atoms in total. The molecule has 1 aromatic rings. The first-order valence-corrected chi connectivity index (χ1v) is 7.42. The van der Waals surface area contributed by atoms with Gasteiger partial charge in [0.25, 0.3) is 0 Å². The van der Waals surface area contributed by atoms with Crippen LogP contribution in [0.4, 0.5) is 5.69 Å². The van der Waals surface area contributed by atoms with Crippen molar-refractivity contribution in [2.24, 2.45) is 0 Å². The van der Waals surface area contributed by atoms with Gasteiger partial charge in [-0.1, -0.05) is 12.1 Å². The molecule has 0 radical (unpaired) electrons. The van der Waals surface area contributed by atoms with E-state index in [4.69, 9.17) is 28.3 Å². The number of nitrogens with zero attached hydrogens (tertiary/aromatic N) is 1. The van der Waals surface area contributed by atoms with E-state index < -0.39 is 5.97 Å². The predicted octanol–water partition coefficient (Wildman–Crippen LogP) is 2.73. The number of halogens is 2. The van der Waals surface area contributed by atoms with E-state index in [2.05, 4.69) is 4.90 Å². The molecule has 0 saturated heterocycles. The predicted molar refractivity (Wildman–Crippen MR) is 87.8 cm³/mol. The molecule has 0 spiro atoms. The van der Waals surface area contributed by atoms with Gasteiger partial charge in [0, 0.05) is 37.0 Å². The average Bonchev–Trinajstić information content (AvgIpc) is 2.39. The number of rotatable bonds is 9. The first kappa shape index (κ1) is 20.1. The van der Waals surface area contributed by atoms with Gasteiger partial charge in [-0.3, -0.25) is 4.79 Å². The zero-order valence-electron chi connectivity index (χ0n) is 10.8. The summed E-state index contributed by atoms with van der Waals surface area (Å²) in [6.45, 7) is 1.54. The molecule has 0 unspecified atom stereocenters. The molecule has 0 aromatic heterocycles. The third-order valence-corrected chi connectivity index (χ3v) is 3.20. The fourth-order valence-electron chi connectivity index (χ4n) is 1.89. The van der Waals surface area contributed by atoms with Crippen molar-refractivity contribution in [3.05, 3.63) is 29.8 Å². The number of benzene rings is 1. The summed E-state index contributed by atoms with van der Waals surface area (Å²) in [5, 5.41) is 8.59. The molecule has 0 aliphatic rings. The second-order valence-electron chi connectivity index (χ2n) is 4.28. The van der Waals surface area contributed by atoms with Crippen LogP contribution in [-0.2, 0) is 11.2 Å². The van der Waals surface area contributed by atoms with Crippen LogP contribution in [0.1, 0.15) is 18.4 Å². The maximum atomic E-state index is 10.4. The topological polar surface area (TPSA) is 40.5 Å². The van der Waals surface area contributed by atoms with E-state index in [1.54, 1.807) is 0 Å². The number of carbonyl (C=O) groups is 1. The summed E-state index contributed by atoms with van der Waals surface area (Å²) in [4.78, 5) is 12.6. The molecule has 0 aliphatic carbocycles. The van der Waals surface area contributed by atoms with Crippen LogP contribution in [0.3, 0.4) is 0 Å². The zero-order chi connectivity index (χ0) is 14.1. The van der Waals surface area contributed by atoms with Gasteiger partial charge in [0.2, 0.25) is 0 Å². The van der Waals surface area contributed by atoms with Gasteiger partial charge < -0.3 is 10.0 Å². The Morgan fingerprint density at radius 2 is 1.65 bits per heavy atom. The number of alkyl halides is 2. The number of hydrogen-bond acceptors (Lipinski definition) is 2. The van der Waals surface area contributed by atoms with Crippen LogP contribution in [0.15, 0.2) is 24.3 Å². The third kappa shape index (κ3) is 7.75. The van der Waals surface area contributed by atoms with Crippen molar-refractivity contribution in [1.29, 1.82) is 0 Å². The average molecular weight is 328 g/mol. The van der Waals surface area contributed by atoms with Gasteiger partial charge in [-0.2, -0.15) is 0 Å². The number of aryl methyl sites for hydroxylation is 1. The summed E-state index contributed by atoms with van der Waals surface area (Å²) in [6.07, 6.45) is 1.67. The molecular formula is C14H20Cl2NNaO2. The van der Waals surface area contributed by atoms with Gasteiger partial charge in [0.15, 0.2) is 0 Å². The van der Waals surface area contributed by atoms with Gasteiger partial charge in [-0.25, -0.2) is 0 Å². The van der Waals surface area contributed by atoms with E-state index in [0.717, 1.165) is 30.8 Å². The van der Waals surface area contributed by atoms with Crippen LogP contribution in [0, 0.1) is 0 Å². The summed E-state index contributed by atoms with van der Waals surface area (Å²) < 4.78 is 0. The first-order valence-electron chi connectivity index (χ1n) is 6.35. The Bertz CT molecular complexity index is 381. The molecule has 1 aromatic carbocycles. The Morgan fingerprint density at radius 1 is 1.10 bits per heavy atom. The standard InChI is InChI=1S/C14H19Cl2NO2.Na.H/c15-8-10-17(11-9-16)13-6-4-12(5-7-13)2-1-3-14(18)19;;/h4-7H,1-3,8-11H2,(H,18,19);;. The second kappa shape index (κ2) is 11.7. The van der Waals surface area contributed by atoms with Gasteiger partial charge in [0.05, 0.1) is 0 Å². The Hall–Kier alpha value is 0.0700. The fraction of sp³-hybridized carbons (Fsp3) is 0.500. The molecule has 0 amide bonds. The van der Waals surface area contributed by atoms with E-state index in [0.29, 0.717) is 18.2 Å². The van der Waals surface area contributed by atoms with Crippen LogP contribution in [-0.4, -0.2) is 65.5 Å². The molecule has 0 fully saturated rings. The molecule has 108 valence electrons. The maximum absolute atomic E-state index is 10.4. The number of carboxylic acid groups (broad SMARTS) is 1. The first-order chi connectivity index (χ1) is 9.17. The normalized spacial score (nSPS) is 9.90. The minimum atomic E-state index is -0.743. The fourth-order valence-corrected chi connectivity index (χ4v) is 2.30. The molecule has 0 heterocycles. The van der Waals surface area contributed by atoms with Gasteiger partial charge >= 0.3 is 35.5 Å². The molecule has 1 rings (SSSR count). The van der Waals surface area contributed by atoms with Crippen molar-refractivity contribution in [3.63, 3.8) is 0 Å². The molecule has 0 atom stereocenters. The van der Waals surface area contributed by atoms with Crippen molar-refractivity contribution in [1.82, 2.24) is 0 Å². The number of anilines is 1. The molecule has 6 heteroatoms. The minimum absolute atomic E-state index is 0. The summed E-state index contributed by atoms with van der Waals surface area (Å²) in [5.74, 6) is 0.390. The third-order valence-electron chi connectivity index (χ3n) is 2.87. The Balaban J connectivity index is 0.00000361.